The number of hydrogen-bond acceptors (Lipinski definition) is 3. The summed E-state index contributed by atoms with van der Waals surface area (Å²) in [4.78, 5) is 32.8. The van der Waals surface area contributed by atoms with Gasteiger partial charge in [0.1, 0.15) is 0 Å². The minimum absolute atomic E-state index is 0.0163. The summed E-state index contributed by atoms with van der Waals surface area (Å²) < 4.78 is 0. The van der Waals surface area contributed by atoms with Gasteiger partial charge in [-0.2, -0.15) is 0 Å². The molecule has 5 heteroatoms. The van der Waals surface area contributed by atoms with E-state index in [4.69, 9.17) is 0 Å². The van der Waals surface area contributed by atoms with Crippen molar-refractivity contribution in [2.24, 2.45) is 5.92 Å². The molecule has 30 heavy (non-hydrogen) atoms. The van der Waals surface area contributed by atoms with Crippen LogP contribution in [0.15, 0.2) is 30.3 Å². The van der Waals surface area contributed by atoms with Crippen LogP contribution >= 0.6 is 0 Å². The van der Waals surface area contributed by atoms with Gasteiger partial charge in [-0.15, -0.1) is 0 Å². The lowest BCUT2D eigenvalue weighted by atomic mass is 9.93. The van der Waals surface area contributed by atoms with Crippen LogP contribution in [0.25, 0.3) is 0 Å². The first-order chi connectivity index (χ1) is 14.6. The Hall–Kier alpha value is -1.88. The molecule has 0 radical (unpaired) electrons. The third kappa shape index (κ3) is 5.23. The molecule has 5 nitrogen and oxygen atoms in total. The normalized spacial score (nSPS) is 20.2. The molecular weight excluding hydrogens is 374 g/mol. The molecule has 1 aromatic rings. The lowest BCUT2D eigenvalue weighted by Crippen LogP contribution is -2.58. The van der Waals surface area contributed by atoms with Gasteiger partial charge in [-0.1, -0.05) is 57.0 Å². The van der Waals surface area contributed by atoms with Gasteiger partial charge in [-0.05, 0) is 37.2 Å². The van der Waals surface area contributed by atoms with Crippen LogP contribution in [0.3, 0.4) is 0 Å². The Morgan fingerprint density at radius 3 is 2.23 bits per heavy atom. The average molecular weight is 414 g/mol. The first-order valence-corrected chi connectivity index (χ1v) is 11.9. The molecule has 1 saturated carbocycles. The summed E-state index contributed by atoms with van der Waals surface area (Å²) in [6.07, 6.45) is 6.58. The average Bonchev–Trinajstić information content (AvgIpc) is 3.30. The summed E-state index contributed by atoms with van der Waals surface area (Å²) in [5.41, 5.74) is 1.10. The standard InChI is InChI=1S/C25H39N3O2/c1-4-15-26(3)25(30)23(21-13-9-10-14-21)27-16-18-28(19-17-27)24(29)22(5-2)20-11-7-6-8-12-20/h6-8,11-12,21-23H,4-5,9-10,13-19H2,1-3H3/t22-,23+/m1/s1. The number of piperazine rings is 1. The molecule has 2 aliphatic rings. The Morgan fingerprint density at radius 2 is 1.67 bits per heavy atom. The second kappa shape index (κ2) is 10.9. The van der Waals surface area contributed by atoms with Gasteiger partial charge >= 0.3 is 0 Å². The van der Waals surface area contributed by atoms with Crippen LogP contribution in [0, 0.1) is 5.92 Å². The molecule has 0 aromatic heterocycles. The molecule has 1 aliphatic carbocycles. The quantitative estimate of drug-likeness (QED) is 0.652. The monoisotopic (exact) mass is 413 g/mol. The fraction of sp³-hybridized carbons (Fsp3) is 0.680. The molecule has 0 N–H and O–H groups in total. The first kappa shape index (κ1) is 22.8. The highest BCUT2D eigenvalue weighted by Crippen LogP contribution is 2.32. The smallest absolute Gasteiger partial charge is 0.239 e. The summed E-state index contributed by atoms with van der Waals surface area (Å²) in [6.45, 7) is 8.05. The summed E-state index contributed by atoms with van der Waals surface area (Å²) in [5.74, 6) is 0.905. The largest absolute Gasteiger partial charge is 0.344 e. The van der Waals surface area contributed by atoms with Gasteiger partial charge in [0.25, 0.3) is 0 Å². The SMILES string of the molecule is CCCN(C)C(=O)[C@H](C1CCCC1)N1CCN(C(=O)[C@H](CC)c2ccccc2)CC1. The maximum atomic E-state index is 13.3. The summed E-state index contributed by atoms with van der Waals surface area (Å²) in [5, 5.41) is 0. The minimum Gasteiger partial charge on any atom is -0.344 e. The van der Waals surface area contributed by atoms with Crippen LogP contribution in [0.5, 0.6) is 0 Å². The van der Waals surface area contributed by atoms with E-state index >= 15 is 0 Å². The van der Waals surface area contributed by atoms with Gasteiger partial charge in [-0.3, -0.25) is 14.5 Å². The fourth-order valence-electron chi connectivity index (χ4n) is 5.28. The van der Waals surface area contributed by atoms with E-state index in [2.05, 4.69) is 30.9 Å². The van der Waals surface area contributed by atoms with Gasteiger partial charge < -0.3 is 9.80 Å². The molecule has 3 rings (SSSR count). The topological polar surface area (TPSA) is 43.9 Å². The molecule has 1 aromatic carbocycles. The van der Waals surface area contributed by atoms with Crippen LogP contribution in [0.1, 0.15) is 63.9 Å². The minimum atomic E-state index is -0.0688. The van der Waals surface area contributed by atoms with E-state index in [9.17, 15) is 9.59 Å². The highest BCUT2D eigenvalue weighted by Gasteiger charge is 2.39. The second-order valence-corrected chi connectivity index (χ2v) is 8.98. The first-order valence-electron chi connectivity index (χ1n) is 11.9. The molecule has 2 amide bonds. The fourth-order valence-corrected chi connectivity index (χ4v) is 5.28. The van der Waals surface area contributed by atoms with Crippen molar-refractivity contribution in [3.8, 4) is 0 Å². The highest BCUT2D eigenvalue weighted by molar-refractivity contribution is 5.84. The lowest BCUT2D eigenvalue weighted by Gasteiger charge is -2.42. The van der Waals surface area contributed by atoms with E-state index in [0.717, 1.165) is 64.0 Å². The van der Waals surface area contributed by atoms with E-state index < -0.39 is 0 Å². The van der Waals surface area contributed by atoms with Crippen LogP contribution < -0.4 is 0 Å². The van der Waals surface area contributed by atoms with Crippen molar-refractivity contribution in [1.82, 2.24) is 14.7 Å². The predicted molar refractivity (Wildman–Crippen MR) is 121 cm³/mol. The summed E-state index contributed by atoms with van der Waals surface area (Å²) in [7, 11) is 1.94. The number of carbonyl (C=O) groups excluding carboxylic acids is 2. The summed E-state index contributed by atoms with van der Waals surface area (Å²) in [6, 6.07) is 10.1. The van der Waals surface area contributed by atoms with Crippen molar-refractivity contribution in [3.63, 3.8) is 0 Å². The molecule has 0 unspecified atom stereocenters. The predicted octanol–water partition coefficient (Wildman–Crippen LogP) is 3.75. The Morgan fingerprint density at radius 1 is 1.03 bits per heavy atom. The Bertz CT molecular complexity index is 679. The van der Waals surface area contributed by atoms with Gasteiger partial charge in [0, 0.05) is 39.8 Å². The third-order valence-corrected chi connectivity index (χ3v) is 6.96. The van der Waals surface area contributed by atoms with Crippen LogP contribution in [-0.4, -0.2) is 72.3 Å². The van der Waals surface area contributed by atoms with Crippen molar-refractivity contribution in [3.05, 3.63) is 35.9 Å². The molecule has 1 saturated heterocycles. The maximum Gasteiger partial charge on any atom is 0.239 e. The van der Waals surface area contributed by atoms with E-state index in [1.165, 1.54) is 12.8 Å². The number of nitrogens with zero attached hydrogens (tertiary/aromatic N) is 3. The molecule has 1 aliphatic heterocycles. The van der Waals surface area contributed by atoms with Crippen molar-refractivity contribution < 1.29 is 9.59 Å². The van der Waals surface area contributed by atoms with Crippen molar-refractivity contribution in [1.29, 1.82) is 0 Å². The van der Waals surface area contributed by atoms with Crippen LogP contribution in [0.4, 0.5) is 0 Å². The lowest BCUT2D eigenvalue weighted by molar-refractivity contribution is -0.141. The van der Waals surface area contributed by atoms with Crippen LogP contribution in [0.2, 0.25) is 0 Å². The zero-order valence-electron chi connectivity index (χ0n) is 19.1. The number of hydrogen-bond donors (Lipinski definition) is 0. The Kier molecular flexibility index (Phi) is 8.32. The molecular formula is C25H39N3O2. The number of rotatable bonds is 8. The molecule has 2 atom stereocenters. The molecule has 1 heterocycles. The van der Waals surface area contributed by atoms with Crippen molar-refractivity contribution in [2.75, 3.05) is 39.8 Å². The highest BCUT2D eigenvalue weighted by atomic mass is 16.2. The van der Waals surface area contributed by atoms with E-state index in [0.29, 0.717) is 5.92 Å². The maximum absolute atomic E-state index is 13.3. The van der Waals surface area contributed by atoms with Gasteiger partial charge in [-0.25, -0.2) is 0 Å². The van der Waals surface area contributed by atoms with Crippen molar-refractivity contribution >= 4 is 11.8 Å². The molecule has 166 valence electrons. The van der Waals surface area contributed by atoms with Gasteiger partial charge in [0.05, 0.1) is 12.0 Å². The summed E-state index contributed by atoms with van der Waals surface area (Å²) >= 11 is 0. The van der Waals surface area contributed by atoms with Gasteiger partial charge in [0.2, 0.25) is 11.8 Å². The van der Waals surface area contributed by atoms with E-state index in [1.54, 1.807) is 0 Å². The zero-order valence-corrected chi connectivity index (χ0v) is 19.1. The molecule has 0 bridgehead atoms. The Labute approximate surface area is 182 Å². The number of amides is 2. The second-order valence-electron chi connectivity index (χ2n) is 8.98. The molecule has 0 spiro atoms. The van der Waals surface area contributed by atoms with Crippen LogP contribution in [-0.2, 0) is 9.59 Å². The third-order valence-electron chi connectivity index (χ3n) is 6.96. The zero-order chi connectivity index (χ0) is 21.5. The van der Waals surface area contributed by atoms with Crippen molar-refractivity contribution in [2.45, 2.75) is 64.3 Å². The number of carbonyl (C=O) groups is 2. The van der Waals surface area contributed by atoms with E-state index in [-0.39, 0.29) is 23.8 Å². The van der Waals surface area contributed by atoms with Gasteiger partial charge in [0.15, 0.2) is 0 Å². The number of likely N-dealkylation sites (N-methyl/N-ethyl adjacent to an activating group) is 1. The number of benzene rings is 1. The Balaban J connectivity index is 1.65. The van der Waals surface area contributed by atoms with E-state index in [1.807, 2.05) is 35.0 Å². The molecule has 2 fully saturated rings.